The second-order valence-electron chi connectivity index (χ2n) is 3.74. The Kier molecular flexibility index (Phi) is 5.52. The van der Waals surface area contributed by atoms with Crippen LogP contribution in [0.4, 0.5) is 0 Å². The van der Waals surface area contributed by atoms with Gasteiger partial charge in [0.15, 0.2) is 0 Å². The molecule has 1 heterocycles. The van der Waals surface area contributed by atoms with E-state index in [0.29, 0.717) is 25.4 Å². The molecule has 82 valence electrons. The van der Waals surface area contributed by atoms with E-state index < -0.39 is 0 Å². The van der Waals surface area contributed by atoms with E-state index >= 15 is 0 Å². The second kappa shape index (κ2) is 6.43. The van der Waals surface area contributed by atoms with Gasteiger partial charge in [0.1, 0.15) is 5.78 Å². The number of ether oxygens (including phenoxy) is 1. The molecule has 14 heavy (non-hydrogen) atoms. The number of carbonyl (C=O) groups excluding carboxylic acids is 1. The number of nitrogens with zero attached hydrogens (tertiary/aromatic N) is 1. The van der Waals surface area contributed by atoms with Gasteiger partial charge in [0.2, 0.25) is 0 Å². The van der Waals surface area contributed by atoms with E-state index in [2.05, 4.69) is 18.2 Å². The third-order valence-corrected chi connectivity index (χ3v) is 3.07. The summed E-state index contributed by atoms with van der Waals surface area (Å²) in [5.74, 6) is 1.60. The predicted octanol–water partition coefficient (Wildman–Crippen LogP) is 0.887. The van der Waals surface area contributed by atoms with Crippen LogP contribution in [0.25, 0.3) is 0 Å². The van der Waals surface area contributed by atoms with E-state index in [-0.39, 0.29) is 5.92 Å². The molecule has 0 saturated carbocycles. The Hall–Kier alpha value is -0.0600. The van der Waals surface area contributed by atoms with Crippen molar-refractivity contribution in [2.75, 3.05) is 45.4 Å². The molecular formula is C10H19NO2S. The monoisotopic (exact) mass is 217 g/mol. The fourth-order valence-corrected chi connectivity index (χ4v) is 2.06. The van der Waals surface area contributed by atoms with Crippen molar-refractivity contribution in [3.8, 4) is 0 Å². The van der Waals surface area contributed by atoms with Crippen LogP contribution in [0.2, 0.25) is 0 Å². The minimum atomic E-state index is 0.107. The molecule has 1 rings (SSSR count). The summed E-state index contributed by atoms with van der Waals surface area (Å²) < 4.78 is 5.31. The first-order valence-corrected chi connectivity index (χ1v) is 6.41. The molecular weight excluding hydrogens is 198 g/mol. The molecule has 1 fully saturated rings. The van der Waals surface area contributed by atoms with Crippen molar-refractivity contribution in [3.05, 3.63) is 0 Å². The third kappa shape index (κ3) is 3.98. The van der Waals surface area contributed by atoms with Gasteiger partial charge in [0.25, 0.3) is 0 Å². The molecule has 0 aromatic carbocycles. The number of thioether (sulfide) groups is 1. The smallest absolute Gasteiger partial charge is 0.141 e. The number of rotatable bonds is 5. The maximum atomic E-state index is 11.5. The molecule has 4 heteroatoms. The van der Waals surface area contributed by atoms with Crippen LogP contribution in [-0.2, 0) is 9.53 Å². The van der Waals surface area contributed by atoms with Gasteiger partial charge in [-0.3, -0.25) is 4.79 Å². The second-order valence-corrected chi connectivity index (χ2v) is 4.73. The molecule has 0 N–H and O–H groups in total. The summed E-state index contributed by atoms with van der Waals surface area (Å²) in [7, 11) is 2.07. The van der Waals surface area contributed by atoms with E-state index in [9.17, 15) is 4.79 Å². The summed E-state index contributed by atoms with van der Waals surface area (Å²) in [4.78, 5) is 13.7. The van der Waals surface area contributed by atoms with Gasteiger partial charge in [-0.15, -0.1) is 0 Å². The maximum Gasteiger partial charge on any atom is 0.141 e. The Morgan fingerprint density at radius 3 is 3.07 bits per heavy atom. The standard InChI is InChI=1S/C10H19NO2S/c1-11(4-6-14-2)7-9-8-13-5-3-10(9)12/h9H,3-8H2,1-2H3. The van der Waals surface area contributed by atoms with E-state index in [4.69, 9.17) is 4.74 Å². The lowest BCUT2D eigenvalue weighted by Gasteiger charge is -2.25. The molecule has 0 aromatic heterocycles. The van der Waals surface area contributed by atoms with E-state index in [0.717, 1.165) is 18.8 Å². The first-order valence-electron chi connectivity index (χ1n) is 5.02. The number of ketones is 1. The quantitative estimate of drug-likeness (QED) is 0.684. The van der Waals surface area contributed by atoms with Crippen LogP contribution in [-0.4, -0.2) is 56.0 Å². The van der Waals surface area contributed by atoms with Crippen LogP contribution < -0.4 is 0 Å². The number of carbonyl (C=O) groups is 1. The molecule has 1 unspecified atom stereocenters. The van der Waals surface area contributed by atoms with Crippen LogP contribution in [0.5, 0.6) is 0 Å². The minimum Gasteiger partial charge on any atom is -0.380 e. The molecule has 0 radical (unpaired) electrons. The lowest BCUT2D eigenvalue weighted by Crippen LogP contribution is -2.37. The lowest BCUT2D eigenvalue weighted by atomic mass is 10.0. The van der Waals surface area contributed by atoms with Crippen molar-refractivity contribution < 1.29 is 9.53 Å². The average molecular weight is 217 g/mol. The zero-order valence-electron chi connectivity index (χ0n) is 8.99. The molecule has 0 spiro atoms. The summed E-state index contributed by atoms with van der Waals surface area (Å²) in [5.41, 5.74) is 0. The van der Waals surface area contributed by atoms with E-state index in [1.54, 1.807) is 0 Å². The van der Waals surface area contributed by atoms with Crippen LogP contribution in [0.1, 0.15) is 6.42 Å². The van der Waals surface area contributed by atoms with Gasteiger partial charge in [-0.2, -0.15) is 11.8 Å². The largest absolute Gasteiger partial charge is 0.380 e. The SMILES string of the molecule is CSCCN(C)CC1COCCC1=O. The van der Waals surface area contributed by atoms with Crippen LogP contribution in [0.3, 0.4) is 0 Å². The molecule has 0 amide bonds. The normalized spacial score (nSPS) is 23.1. The molecule has 0 bridgehead atoms. The fraction of sp³-hybridized carbons (Fsp3) is 0.900. The first kappa shape index (κ1) is 12.0. The third-order valence-electron chi connectivity index (χ3n) is 2.48. The zero-order chi connectivity index (χ0) is 10.4. The number of hydrogen-bond acceptors (Lipinski definition) is 4. The van der Waals surface area contributed by atoms with Gasteiger partial charge >= 0.3 is 0 Å². The highest BCUT2D eigenvalue weighted by molar-refractivity contribution is 7.98. The highest BCUT2D eigenvalue weighted by Gasteiger charge is 2.23. The summed E-state index contributed by atoms with van der Waals surface area (Å²) in [6.45, 7) is 3.12. The van der Waals surface area contributed by atoms with Gasteiger partial charge in [-0.05, 0) is 13.3 Å². The highest BCUT2D eigenvalue weighted by atomic mass is 32.2. The molecule has 1 aliphatic rings. The molecule has 1 saturated heterocycles. The van der Waals surface area contributed by atoms with Gasteiger partial charge in [-0.25, -0.2) is 0 Å². The topological polar surface area (TPSA) is 29.5 Å². The summed E-state index contributed by atoms with van der Waals surface area (Å²) in [5, 5.41) is 0. The van der Waals surface area contributed by atoms with Crippen LogP contribution >= 0.6 is 11.8 Å². The Morgan fingerprint density at radius 1 is 1.64 bits per heavy atom. The van der Waals surface area contributed by atoms with Gasteiger partial charge in [-0.1, -0.05) is 0 Å². The Morgan fingerprint density at radius 2 is 2.43 bits per heavy atom. The summed E-state index contributed by atoms with van der Waals surface area (Å²) in [6.07, 6.45) is 2.70. The number of Topliss-reactive ketones (excluding diaryl/α,β-unsaturated/α-hetero) is 1. The Bertz CT molecular complexity index is 187. The highest BCUT2D eigenvalue weighted by Crippen LogP contribution is 2.11. The van der Waals surface area contributed by atoms with Crippen LogP contribution in [0, 0.1) is 5.92 Å². The molecule has 3 nitrogen and oxygen atoms in total. The van der Waals surface area contributed by atoms with Crippen molar-refractivity contribution in [1.29, 1.82) is 0 Å². The summed E-state index contributed by atoms with van der Waals surface area (Å²) >= 11 is 1.83. The van der Waals surface area contributed by atoms with E-state index in [1.807, 2.05) is 11.8 Å². The first-order chi connectivity index (χ1) is 6.74. The fourth-order valence-electron chi connectivity index (χ4n) is 1.56. The molecule has 1 atom stereocenters. The van der Waals surface area contributed by atoms with Crippen molar-refractivity contribution >= 4 is 17.5 Å². The van der Waals surface area contributed by atoms with Gasteiger partial charge in [0.05, 0.1) is 19.1 Å². The van der Waals surface area contributed by atoms with Crippen molar-refractivity contribution in [1.82, 2.24) is 4.90 Å². The maximum absolute atomic E-state index is 11.5. The van der Waals surface area contributed by atoms with Crippen molar-refractivity contribution in [2.45, 2.75) is 6.42 Å². The van der Waals surface area contributed by atoms with Crippen LogP contribution in [0.15, 0.2) is 0 Å². The molecule has 0 aromatic rings. The predicted molar refractivity (Wildman–Crippen MR) is 59.8 cm³/mol. The Balaban J connectivity index is 2.23. The lowest BCUT2D eigenvalue weighted by molar-refractivity contribution is -0.131. The Labute approximate surface area is 90.2 Å². The molecule has 1 aliphatic heterocycles. The van der Waals surface area contributed by atoms with E-state index in [1.165, 1.54) is 0 Å². The minimum absolute atomic E-state index is 0.107. The van der Waals surface area contributed by atoms with Crippen molar-refractivity contribution in [3.63, 3.8) is 0 Å². The van der Waals surface area contributed by atoms with Gasteiger partial charge in [0, 0.05) is 25.3 Å². The molecule has 0 aliphatic carbocycles. The number of hydrogen-bond donors (Lipinski definition) is 0. The average Bonchev–Trinajstić information content (AvgIpc) is 2.18. The zero-order valence-corrected chi connectivity index (χ0v) is 9.81. The van der Waals surface area contributed by atoms with Gasteiger partial charge < -0.3 is 9.64 Å². The summed E-state index contributed by atoms with van der Waals surface area (Å²) in [6, 6.07) is 0. The van der Waals surface area contributed by atoms with Crippen molar-refractivity contribution in [2.24, 2.45) is 5.92 Å².